The molecular formula is C12H17F3N2. The number of hydrogen-bond acceptors (Lipinski definition) is 1. The second-order valence-corrected chi connectivity index (χ2v) is 4.92. The molecule has 1 aromatic rings. The number of hydrogen-bond donors (Lipinski definition) is 0. The lowest BCUT2D eigenvalue weighted by Gasteiger charge is -2.30. The molecule has 1 aliphatic carbocycles. The number of alkyl halides is 3. The van der Waals surface area contributed by atoms with Crippen molar-refractivity contribution in [1.29, 1.82) is 0 Å². The molecule has 0 aliphatic heterocycles. The normalized spacial score (nSPS) is 26.2. The highest BCUT2D eigenvalue weighted by atomic mass is 19.4. The van der Waals surface area contributed by atoms with Crippen LogP contribution in [0.3, 0.4) is 0 Å². The molecule has 0 atom stereocenters. The molecular weight excluding hydrogens is 229 g/mol. The SMILES string of the molecule is Cc1cc(C)n(C2CCC(C(F)(F)F)CC2)n1. The molecule has 5 heteroatoms. The highest BCUT2D eigenvalue weighted by molar-refractivity contribution is 5.08. The van der Waals surface area contributed by atoms with Crippen molar-refractivity contribution in [3.8, 4) is 0 Å². The minimum absolute atomic E-state index is 0.141. The Bertz CT molecular complexity index is 387. The molecule has 0 aromatic carbocycles. The molecule has 1 aromatic heterocycles. The summed E-state index contributed by atoms with van der Waals surface area (Å²) in [6.07, 6.45) is -2.42. The van der Waals surface area contributed by atoms with Gasteiger partial charge in [-0.25, -0.2) is 0 Å². The van der Waals surface area contributed by atoms with Crippen molar-refractivity contribution >= 4 is 0 Å². The standard InChI is InChI=1S/C12H17F3N2/c1-8-7-9(2)17(16-8)11-5-3-10(4-6-11)12(13,14)15/h7,10-11H,3-6H2,1-2H3. The van der Waals surface area contributed by atoms with Gasteiger partial charge in [0.05, 0.1) is 17.7 Å². The Morgan fingerprint density at radius 3 is 2.18 bits per heavy atom. The van der Waals surface area contributed by atoms with Crippen molar-refractivity contribution in [2.75, 3.05) is 0 Å². The van der Waals surface area contributed by atoms with E-state index in [1.807, 2.05) is 24.6 Å². The number of nitrogens with zero attached hydrogens (tertiary/aromatic N) is 2. The number of aryl methyl sites for hydroxylation is 2. The first-order chi connectivity index (χ1) is 7.88. The summed E-state index contributed by atoms with van der Waals surface area (Å²) in [5.74, 6) is -1.12. The van der Waals surface area contributed by atoms with Gasteiger partial charge in [-0.1, -0.05) is 0 Å². The Morgan fingerprint density at radius 1 is 1.18 bits per heavy atom. The van der Waals surface area contributed by atoms with Crippen molar-refractivity contribution in [3.05, 3.63) is 17.5 Å². The summed E-state index contributed by atoms with van der Waals surface area (Å²) in [7, 11) is 0. The van der Waals surface area contributed by atoms with Crippen molar-refractivity contribution in [2.45, 2.75) is 51.7 Å². The molecule has 1 fully saturated rings. The minimum Gasteiger partial charge on any atom is -0.267 e. The van der Waals surface area contributed by atoms with Crippen LogP contribution >= 0.6 is 0 Å². The van der Waals surface area contributed by atoms with E-state index in [1.165, 1.54) is 0 Å². The first-order valence-corrected chi connectivity index (χ1v) is 5.97. The third kappa shape index (κ3) is 2.64. The van der Waals surface area contributed by atoms with E-state index in [0.717, 1.165) is 11.4 Å². The molecule has 1 aliphatic rings. The van der Waals surface area contributed by atoms with E-state index in [4.69, 9.17) is 0 Å². The Labute approximate surface area is 98.8 Å². The molecule has 0 unspecified atom stereocenters. The van der Waals surface area contributed by atoms with Gasteiger partial charge >= 0.3 is 6.18 Å². The zero-order valence-electron chi connectivity index (χ0n) is 10.1. The van der Waals surface area contributed by atoms with Gasteiger partial charge in [-0.3, -0.25) is 4.68 Å². The van der Waals surface area contributed by atoms with Gasteiger partial charge < -0.3 is 0 Å². The summed E-state index contributed by atoms with van der Waals surface area (Å²) in [6.45, 7) is 3.86. The molecule has 1 heterocycles. The van der Waals surface area contributed by atoms with E-state index in [-0.39, 0.29) is 18.9 Å². The van der Waals surface area contributed by atoms with Gasteiger partial charge in [-0.2, -0.15) is 18.3 Å². The Hall–Kier alpha value is -1.00. The highest BCUT2D eigenvalue weighted by Crippen LogP contribution is 2.41. The van der Waals surface area contributed by atoms with E-state index >= 15 is 0 Å². The van der Waals surface area contributed by atoms with Crippen LogP contribution in [0.15, 0.2) is 6.07 Å². The Balaban J connectivity index is 2.02. The van der Waals surface area contributed by atoms with Gasteiger partial charge in [-0.05, 0) is 45.6 Å². The molecule has 0 amide bonds. The third-order valence-electron chi connectivity index (χ3n) is 3.55. The minimum atomic E-state index is -4.03. The van der Waals surface area contributed by atoms with Gasteiger partial charge in [0, 0.05) is 5.69 Å². The topological polar surface area (TPSA) is 17.8 Å². The number of halogens is 3. The maximum absolute atomic E-state index is 12.5. The maximum atomic E-state index is 12.5. The lowest BCUT2D eigenvalue weighted by Crippen LogP contribution is -2.29. The average Bonchev–Trinajstić information content (AvgIpc) is 2.57. The molecule has 0 bridgehead atoms. The second kappa shape index (κ2) is 4.35. The predicted octanol–water partition coefficient (Wildman–Crippen LogP) is 3.79. The van der Waals surface area contributed by atoms with Gasteiger partial charge in [0.25, 0.3) is 0 Å². The number of rotatable bonds is 1. The number of aromatic nitrogens is 2. The van der Waals surface area contributed by atoms with Crippen LogP contribution in [0.4, 0.5) is 13.2 Å². The zero-order valence-corrected chi connectivity index (χ0v) is 10.1. The van der Waals surface area contributed by atoms with Gasteiger partial charge in [0.2, 0.25) is 0 Å². The fourth-order valence-corrected chi connectivity index (χ4v) is 2.66. The molecule has 1 saturated carbocycles. The molecule has 0 saturated heterocycles. The van der Waals surface area contributed by atoms with Crippen LogP contribution in [0.1, 0.15) is 43.1 Å². The summed E-state index contributed by atoms with van der Waals surface area (Å²) in [6, 6.07) is 2.11. The lowest BCUT2D eigenvalue weighted by atomic mass is 9.85. The summed E-state index contributed by atoms with van der Waals surface area (Å²) in [5, 5.41) is 4.36. The fraction of sp³-hybridized carbons (Fsp3) is 0.750. The van der Waals surface area contributed by atoms with Crippen molar-refractivity contribution in [2.24, 2.45) is 5.92 Å². The van der Waals surface area contributed by atoms with Crippen LogP contribution in [0.2, 0.25) is 0 Å². The zero-order chi connectivity index (χ0) is 12.6. The average molecular weight is 246 g/mol. The van der Waals surface area contributed by atoms with E-state index in [0.29, 0.717) is 12.8 Å². The maximum Gasteiger partial charge on any atom is 0.391 e. The smallest absolute Gasteiger partial charge is 0.267 e. The van der Waals surface area contributed by atoms with Crippen LogP contribution in [0.25, 0.3) is 0 Å². The first-order valence-electron chi connectivity index (χ1n) is 5.97. The molecule has 17 heavy (non-hydrogen) atoms. The van der Waals surface area contributed by atoms with Crippen LogP contribution in [0, 0.1) is 19.8 Å². The highest BCUT2D eigenvalue weighted by Gasteiger charge is 2.41. The molecule has 0 spiro atoms. The molecule has 2 rings (SSSR count). The van der Waals surface area contributed by atoms with Gasteiger partial charge in [0.15, 0.2) is 0 Å². The Morgan fingerprint density at radius 2 is 1.76 bits per heavy atom. The molecule has 0 radical (unpaired) electrons. The molecule has 0 N–H and O–H groups in total. The van der Waals surface area contributed by atoms with Crippen molar-refractivity contribution in [3.63, 3.8) is 0 Å². The van der Waals surface area contributed by atoms with Crippen molar-refractivity contribution < 1.29 is 13.2 Å². The lowest BCUT2D eigenvalue weighted by molar-refractivity contribution is -0.183. The van der Waals surface area contributed by atoms with Crippen LogP contribution < -0.4 is 0 Å². The van der Waals surface area contributed by atoms with Crippen molar-refractivity contribution in [1.82, 2.24) is 9.78 Å². The summed E-state index contributed by atoms with van der Waals surface area (Å²) in [4.78, 5) is 0. The Kier molecular flexibility index (Phi) is 3.19. The van der Waals surface area contributed by atoms with Gasteiger partial charge in [0.1, 0.15) is 0 Å². The van der Waals surface area contributed by atoms with Crippen LogP contribution in [-0.4, -0.2) is 16.0 Å². The molecule has 96 valence electrons. The van der Waals surface area contributed by atoms with E-state index < -0.39 is 12.1 Å². The van der Waals surface area contributed by atoms with E-state index in [9.17, 15) is 13.2 Å². The van der Waals surface area contributed by atoms with E-state index in [2.05, 4.69) is 5.10 Å². The fourth-order valence-electron chi connectivity index (χ4n) is 2.66. The van der Waals surface area contributed by atoms with Gasteiger partial charge in [-0.15, -0.1) is 0 Å². The monoisotopic (exact) mass is 246 g/mol. The predicted molar refractivity (Wildman–Crippen MR) is 58.8 cm³/mol. The van der Waals surface area contributed by atoms with Crippen LogP contribution in [0.5, 0.6) is 0 Å². The van der Waals surface area contributed by atoms with Crippen LogP contribution in [-0.2, 0) is 0 Å². The summed E-state index contributed by atoms with van der Waals surface area (Å²) < 4.78 is 39.5. The summed E-state index contributed by atoms with van der Waals surface area (Å²) in [5.41, 5.74) is 1.97. The molecule has 2 nitrogen and oxygen atoms in total. The largest absolute Gasteiger partial charge is 0.391 e. The second-order valence-electron chi connectivity index (χ2n) is 4.92. The quantitative estimate of drug-likeness (QED) is 0.737. The summed E-state index contributed by atoms with van der Waals surface area (Å²) >= 11 is 0. The third-order valence-corrected chi connectivity index (χ3v) is 3.55. The first kappa shape index (κ1) is 12.5. The van der Waals surface area contributed by atoms with E-state index in [1.54, 1.807) is 0 Å².